The summed E-state index contributed by atoms with van der Waals surface area (Å²) in [6.45, 7) is 8.15. The van der Waals surface area contributed by atoms with Gasteiger partial charge in [0.1, 0.15) is 11.5 Å². The van der Waals surface area contributed by atoms with E-state index in [1.807, 2.05) is 6.07 Å². The minimum Gasteiger partial charge on any atom is -0.507 e. The highest BCUT2D eigenvalue weighted by Crippen LogP contribution is 2.42. The predicted octanol–water partition coefficient (Wildman–Crippen LogP) is 5.76. The van der Waals surface area contributed by atoms with Crippen LogP contribution in [0.3, 0.4) is 0 Å². The molecule has 8 nitrogen and oxygen atoms in total. The second-order valence-electron chi connectivity index (χ2n) is 10.0. The third-order valence-electron chi connectivity index (χ3n) is 6.62. The molecule has 1 aliphatic rings. The number of benzene rings is 2. The number of likely N-dealkylation sites (tertiary alicyclic amines) is 1. The van der Waals surface area contributed by atoms with Crippen molar-refractivity contribution in [2.45, 2.75) is 52.5 Å². The molecule has 0 spiro atoms. The highest BCUT2D eigenvalue weighted by atomic mass is 16.5. The molecular weight excluding hydrogens is 498 g/mol. The van der Waals surface area contributed by atoms with E-state index in [0.717, 1.165) is 19.3 Å². The predicted molar refractivity (Wildman–Crippen MR) is 150 cm³/mol. The average Bonchev–Trinajstić information content (AvgIpc) is 3.18. The summed E-state index contributed by atoms with van der Waals surface area (Å²) in [5, 5.41) is 11.4. The molecule has 1 N–H and O–H groups in total. The third kappa shape index (κ3) is 7.53. The number of ether oxygens (including phenoxy) is 4. The number of carbonyl (C=O) groups is 2. The van der Waals surface area contributed by atoms with Gasteiger partial charge in [-0.2, -0.15) is 0 Å². The maximum atomic E-state index is 13.3. The minimum absolute atomic E-state index is 0.0265. The maximum absolute atomic E-state index is 13.3. The highest BCUT2D eigenvalue weighted by molar-refractivity contribution is 6.46. The van der Waals surface area contributed by atoms with Crippen molar-refractivity contribution in [2.75, 3.05) is 40.6 Å². The molecular formula is C31H41NO7. The van der Waals surface area contributed by atoms with E-state index in [2.05, 4.69) is 20.8 Å². The second kappa shape index (κ2) is 14.6. The number of unbranched alkanes of at least 4 members (excludes halogenated alkanes) is 1. The number of hydrogen-bond donors (Lipinski definition) is 1. The fraction of sp³-hybridized carbons (Fsp3) is 0.484. The Balaban J connectivity index is 2.04. The highest BCUT2D eigenvalue weighted by Gasteiger charge is 2.46. The Bertz CT molecular complexity index is 1160. The third-order valence-corrected chi connectivity index (χ3v) is 6.62. The molecule has 0 aromatic heterocycles. The van der Waals surface area contributed by atoms with Crippen molar-refractivity contribution >= 4 is 17.4 Å². The summed E-state index contributed by atoms with van der Waals surface area (Å²) >= 11 is 0. The first-order valence-electron chi connectivity index (χ1n) is 13.6. The number of Topliss-reactive ketones (excluding diaryl/α,β-unsaturated/α-hetero) is 1. The van der Waals surface area contributed by atoms with Crippen LogP contribution in [0, 0.1) is 5.92 Å². The van der Waals surface area contributed by atoms with Crippen molar-refractivity contribution in [3.8, 4) is 17.2 Å². The van der Waals surface area contributed by atoms with Crippen LogP contribution in [-0.4, -0.2) is 62.3 Å². The molecule has 1 amide bonds. The summed E-state index contributed by atoms with van der Waals surface area (Å²) in [4.78, 5) is 28.0. The first kappa shape index (κ1) is 30.0. The lowest BCUT2D eigenvalue weighted by Crippen LogP contribution is -2.31. The van der Waals surface area contributed by atoms with Crippen LogP contribution in [0.4, 0.5) is 0 Å². The zero-order valence-corrected chi connectivity index (χ0v) is 23.7. The summed E-state index contributed by atoms with van der Waals surface area (Å²) in [6, 6.07) is 11.5. The largest absolute Gasteiger partial charge is 0.507 e. The zero-order valence-electron chi connectivity index (χ0n) is 23.7. The van der Waals surface area contributed by atoms with Gasteiger partial charge in [-0.25, -0.2) is 0 Å². The molecule has 1 saturated heterocycles. The fourth-order valence-corrected chi connectivity index (χ4v) is 4.44. The lowest BCUT2D eigenvalue weighted by molar-refractivity contribution is -0.140. The number of hydrogen-bond acceptors (Lipinski definition) is 7. The number of carbonyl (C=O) groups excluding carboxylic acids is 2. The number of ketones is 1. The van der Waals surface area contributed by atoms with Gasteiger partial charge >= 0.3 is 0 Å². The van der Waals surface area contributed by atoms with Crippen LogP contribution in [0.2, 0.25) is 0 Å². The van der Waals surface area contributed by atoms with Crippen LogP contribution in [-0.2, 0) is 14.3 Å². The van der Waals surface area contributed by atoms with E-state index in [0.29, 0.717) is 60.5 Å². The zero-order chi connectivity index (χ0) is 28.4. The first-order valence-corrected chi connectivity index (χ1v) is 13.6. The number of amides is 1. The lowest BCUT2D eigenvalue weighted by atomic mass is 9.95. The van der Waals surface area contributed by atoms with E-state index in [1.165, 1.54) is 4.90 Å². The van der Waals surface area contributed by atoms with Crippen molar-refractivity contribution in [1.82, 2.24) is 4.90 Å². The van der Waals surface area contributed by atoms with Crippen LogP contribution in [0.15, 0.2) is 48.0 Å². The molecule has 0 saturated carbocycles. The molecule has 0 aliphatic carbocycles. The lowest BCUT2D eigenvalue weighted by Gasteiger charge is -2.26. The van der Waals surface area contributed by atoms with Crippen molar-refractivity contribution in [2.24, 2.45) is 5.92 Å². The molecule has 2 aromatic rings. The Morgan fingerprint density at radius 1 is 0.974 bits per heavy atom. The molecule has 1 unspecified atom stereocenters. The van der Waals surface area contributed by atoms with Gasteiger partial charge in [0.2, 0.25) is 0 Å². The Hall–Kier alpha value is -3.52. The van der Waals surface area contributed by atoms with Gasteiger partial charge in [0.15, 0.2) is 11.5 Å². The Labute approximate surface area is 231 Å². The molecule has 1 atom stereocenters. The van der Waals surface area contributed by atoms with Gasteiger partial charge in [0.25, 0.3) is 11.7 Å². The molecule has 39 heavy (non-hydrogen) atoms. The minimum atomic E-state index is -0.801. The molecule has 2 aromatic carbocycles. The Kier molecular flexibility index (Phi) is 11.2. The number of rotatable bonds is 15. The Morgan fingerprint density at radius 2 is 1.77 bits per heavy atom. The number of aliphatic hydroxyl groups is 1. The van der Waals surface area contributed by atoms with E-state index in [1.54, 1.807) is 50.6 Å². The number of methoxy groups -OCH3 is 2. The molecule has 212 valence electrons. The van der Waals surface area contributed by atoms with Gasteiger partial charge in [-0.05, 0) is 55.0 Å². The van der Waals surface area contributed by atoms with Crippen molar-refractivity contribution in [1.29, 1.82) is 0 Å². The van der Waals surface area contributed by atoms with Crippen LogP contribution in [0.25, 0.3) is 5.76 Å². The SMILES string of the molecule is CCCCOc1cccc(C(O)=C2C(=O)C(=O)N(CCCOC)C2c2ccc(OCCC(C)C)c(OC)c2)c1. The first-order chi connectivity index (χ1) is 18.8. The number of nitrogens with zero attached hydrogens (tertiary/aromatic N) is 1. The Morgan fingerprint density at radius 3 is 2.46 bits per heavy atom. The van der Waals surface area contributed by atoms with Gasteiger partial charge in [-0.1, -0.05) is 45.4 Å². The van der Waals surface area contributed by atoms with Crippen molar-refractivity contribution in [3.63, 3.8) is 0 Å². The summed E-state index contributed by atoms with van der Waals surface area (Å²) in [5.41, 5.74) is 1.07. The molecule has 1 aliphatic heterocycles. The summed E-state index contributed by atoms with van der Waals surface area (Å²) in [7, 11) is 3.14. The molecule has 0 radical (unpaired) electrons. The van der Waals surface area contributed by atoms with E-state index >= 15 is 0 Å². The van der Waals surface area contributed by atoms with Gasteiger partial charge in [-0.3, -0.25) is 9.59 Å². The molecule has 1 heterocycles. The van der Waals surface area contributed by atoms with Gasteiger partial charge in [0.05, 0.1) is 31.9 Å². The topological polar surface area (TPSA) is 94.5 Å². The maximum Gasteiger partial charge on any atom is 0.295 e. The molecule has 8 heteroatoms. The molecule has 0 bridgehead atoms. The molecule has 3 rings (SSSR count). The summed E-state index contributed by atoms with van der Waals surface area (Å²) < 4.78 is 22.5. The average molecular weight is 540 g/mol. The van der Waals surface area contributed by atoms with E-state index in [9.17, 15) is 14.7 Å². The summed E-state index contributed by atoms with van der Waals surface area (Å²) in [5.74, 6) is 0.512. The monoisotopic (exact) mass is 539 g/mol. The van der Waals surface area contributed by atoms with Crippen molar-refractivity contribution in [3.05, 3.63) is 59.2 Å². The normalized spacial score (nSPS) is 16.7. The van der Waals surface area contributed by atoms with Crippen molar-refractivity contribution < 1.29 is 33.6 Å². The van der Waals surface area contributed by atoms with Crippen LogP contribution in [0.1, 0.15) is 63.6 Å². The second-order valence-corrected chi connectivity index (χ2v) is 10.0. The standard InChI is InChI=1S/C31H41NO7/c1-6-7-17-38-24-11-8-10-23(19-24)29(33)27-28(32(15-9-16-36-4)31(35)30(27)34)22-12-13-25(26(20-22)37-5)39-18-14-21(2)3/h8,10-13,19-21,28,33H,6-7,9,14-18H2,1-5H3. The van der Waals surface area contributed by atoms with Crippen LogP contribution < -0.4 is 14.2 Å². The number of aliphatic hydroxyl groups excluding tert-OH is 1. The van der Waals surface area contributed by atoms with Gasteiger partial charge in [-0.15, -0.1) is 0 Å². The van der Waals surface area contributed by atoms with Gasteiger partial charge in [0, 0.05) is 25.8 Å². The van der Waals surface area contributed by atoms with E-state index in [-0.39, 0.29) is 17.9 Å². The quantitative estimate of drug-likeness (QED) is 0.133. The fourth-order valence-electron chi connectivity index (χ4n) is 4.44. The smallest absolute Gasteiger partial charge is 0.295 e. The van der Waals surface area contributed by atoms with Gasteiger partial charge < -0.3 is 29.0 Å². The molecule has 1 fully saturated rings. The van der Waals surface area contributed by atoms with Crippen LogP contribution in [0.5, 0.6) is 17.2 Å². The van der Waals surface area contributed by atoms with E-state index in [4.69, 9.17) is 18.9 Å². The van der Waals surface area contributed by atoms with E-state index < -0.39 is 17.7 Å². The van der Waals surface area contributed by atoms with Crippen LogP contribution >= 0.6 is 0 Å². The summed E-state index contributed by atoms with van der Waals surface area (Å²) in [6.07, 6.45) is 3.33.